The molecule has 4 heteroatoms. The molecule has 0 atom stereocenters. The fourth-order valence-corrected chi connectivity index (χ4v) is 2.03. The van der Waals surface area contributed by atoms with Crippen molar-refractivity contribution in [2.45, 2.75) is 6.92 Å². The highest BCUT2D eigenvalue weighted by atomic mass is 16.1. The summed E-state index contributed by atoms with van der Waals surface area (Å²) in [5.74, 6) is -0.128. The Bertz CT molecular complexity index is 783. The van der Waals surface area contributed by atoms with E-state index in [1.54, 1.807) is 18.5 Å². The van der Waals surface area contributed by atoms with Gasteiger partial charge in [0.05, 0.1) is 11.0 Å². The van der Waals surface area contributed by atoms with Crippen molar-refractivity contribution in [1.29, 1.82) is 0 Å². The van der Waals surface area contributed by atoms with E-state index in [9.17, 15) is 4.79 Å². The number of amides is 1. The van der Waals surface area contributed by atoms with Gasteiger partial charge in [-0.05, 0) is 37.3 Å². The average Bonchev–Trinajstić information content (AvgIpc) is 2.47. The molecule has 0 aliphatic carbocycles. The first-order valence-corrected chi connectivity index (χ1v) is 6.31. The van der Waals surface area contributed by atoms with E-state index in [-0.39, 0.29) is 5.91 Å². The Morgan fingerprint density at radius 2 is 1.80 bits per heavy atom. The van der Waals surface area contributed by atoms with E-state index < -0.39 is 0 Å². The summed E-state index contributed by atoms with van der Waals surface area (Å²) in [5, 5.41) is 2.87. The van der Waals surface area contributed by atoms with E-state index in [1.807, 2.05) is 43.3 Å². The van der Waals surface area contributed by atoms with Gasteiger partial charge in [-0.25, -0.2) is 0 Å². The second-order valence-electron chi connectivity index (χ2n) is 4.58. The van der Waals surface area contributed by atoms with Crippen LogP contribution < -0.4 is 5.32 Å². The highest BCUT2D eigenvalue weighted by Crippen LogP contribution is 2.16. The van der Waals surface area contributed by atoms with Crippen molar-refractivity contribution in [3.05, 3.63) is 66.0 Å². The van der Waals surface area contributed by atoms with Gasteiger partial charge in [-0.1, -0.05) is 17.7 Å². The zero-order chi connectivity index (χ0) is 13.9. The third-order valence-corrected chi connectivity index (χ3v) is 3.01. The predicted octanol–water partition coefficient (Wildman–Crippen LogP) is 3.19. The lowest BCUT2D eigenvalue weighted by Gasteiger charge is -2.06. The maximum atomic E-state index is 12.2. The lowest BCUT2D eigenvalue weighted by Crippen LogP contribution is -2.11. The van der Waals surface area contributed by atoms with E-state index in [0.29, 0.717) is 11.3 Å². The molecule has 3 rings (SSSR count). The highest BCUT2D eigenvalue weighted by molar-refractivity contribution is 6.05. The molecule has 98 valence electrons. The standard InChI is InChI=1S/C16H13N3O/c1-11-3-2-4-12(9-11)16(20)19-13-5-6-14-15(10-13)18-8-7-17-14/h2-10H,1H3,(H,19,20). The zero-order valence-corrected chi connectivity index (χ0v) is 11.0. The number of anilines is 1. The topological polar surface area (TPSA) is 54.9 Å². The summed E-state index contributed by atoms with van der Waals surface area (Å²) in [6, 6.07) is 13.0. The van der Waals surface area contributed by atoms with E-state index in [1.165, 1.54) is 0 Å². The van der Waals surface area contributed by atoms with Crippen LogP contribution in [0.4, 0.5) is 5.69 Å². The number of nitrogens with one attached hydrogen (secondary N) is 1. The Hall–Kier alpha value is -2.75. The lowest BCUT2D eigenvalue weighted by molar-refractivity contribution is 0.102. The van der Waals surface area contributed by atoms with Gasteiger partial charge in [0.15, 0.2) is 0 Å². The summed E-state index contributed by atoms with van der Waals surface area (Å²) in [6.45, 7) is 1.96. The van der Waals surface area contributed by atoms with Gasteiger partial charge in [-0.2, -0.15) is 0 Å². The highest BCUT2D eigenvalue weighted by Gasteiger charge is 2.06. The molecule has 0 fully saturated rings. The van der Waals surface area contributed by atoms with Crippen LogP contribution in [0, 0.1) is 6.92 Å². The zero-order valence-electron chi connectivity index (χ0n) is 11.0. The minimum atomic E-state index is -0.128. The number of benzene rings is 2. The monoisotopic (exact) mass is 263 g/mol. The van der Waals surface area contributed by atoms with Crippen LogP contribution >= 0.6 is 0 Å². The number of hydrogen-bond donors (Lipinski definition) is 1. The van der Waals surface area contributed by atoms with Crippen LogP contribution in [0.1, 0.15) is 15.9 Å². The summed E-state index contributed by atoms with van der Waals surface area (Å²) < 4.78 is 0. The molecule has 0 bridgehead atoms. The molecule has 0 unspecified atom stereocenters. The molecule has 1 amide bonds. The normalized spacial score (nSPS) is 10.4. The van der Waals surface area contributed by atoms with Gasteiger partial charge >= 0.3 is 0 Å². The van der Waals surface area contributed by atoms with Crippen molar-refractivity contribution < 1.29 is 4.79 Å². The Morgan fingerprint density at radius 1 is 1.00 bits per heavy atom. The average molecular weight is 263 g/mol. The van der Waals surface area contributed by atoms with Crippen LogP contribution in [0.25, 0.3) is 11.0 Å². The first-order valence-electron chi connectivity index (χ1n) is 6.31. The number of nitrogens with zero attached hydrogens (tertiary/aromatic N) is 2. The second kappa shape index (κ2) is 5.09. The molecule has 0 aliphatic heterocycles. The number of aromatic nitrogens is 2. The van der Waals surface area contributed by atoms with Gasteiger partial charge in [-0.3, -0.25) is 14.8 Å². The lowest BCUT2D eigenvalue weighted by atomic mass is 10.1. The van der Waals surface area contributed by atoms with Gasteiger partial charge in [-0.15, -0.1) is 0 Å². The molecular formula is C16H13N3O. The minimum Gasteiger partial charge on any atom is -0.322 e. The number of fused-ring (bicyclic) bond motifs is 1. The molecule has 4 nitrogen and oxygen atoms in total. The fourth-order valence-electron chi connectivity index (χ4n) is 2.03. The van der Waals surface area contributed by atoms with Crippen LogP contribution in [0.5, 0.6) is 0 Å². The van der Waals surface area contributed by atoms with Crippen LogP contribution in [-0.2, 0) is 0 Å². The Labute approximate surface area is 116 Å². The second-order valence-corrected chi connectivity index (χ2v) is 4.58. The first kappa shape index (κ1) is 12.3. The molecule has 1 heterocycles. The van der Waals surface area contributed by atoms with Crippen molar-refractivity contribution in [2.24, 2.45) is 0 Å². The summed E-state index contributed by atoms with van der Waals surface area (Å²) >= 11 is 0. The van der Waals surface area contributed by atoms with Crippen LogP contribution in [0.15, 0.2) is 54.9 Å². The Kier molecular flexibility index (Phi) is 3.13. The van der Waals surface area contributed by atoms with Crippen LogP contribution in [0.2, 0.25) is 0 Å². The summed E-state index contributed by atoms with van der Waals surface area (Å²) in [7, 11) is 0. The summed E-state index contributed by atoms with van der Waals surface area (Å²) in [6.07, 6.45) is 3.28. The van der Waals surface area contributed by atoms with Gasteiger partial charge < -0.3 is 5.32 Å². The van der Waals surface area contributed by atoms with Gasteiger partial charge in [0.2, 0.25) is 0 Å². The third kappa shape index (κ3) is 2.49. The van der Waals surface area contributed by atoms with Crippen molar-refractivity contribution in [3.63, 3.8) is 0 Å². The Morgan fingerprint density at radius 3 is 2.60 bits per heavy atom. The SMILES string of the molecule is Cc1cccc(C(=O)Nc2ccc3nccnc3c2)c1. The van der Waals surface area contributed by atoms with Gasteiger partial charge in [0.1, 0.15) is 0 Å². The van der Waals surface area contributed by atoms with Gasteiger partial charge in [0, 0.05) is 23.6 Å². The molecule has 3 aromatic rings. The molecule has 0 radical (unpaired) electrons. The molecule has 1 N–H and O–H groups in total. The van der Waals surface area contributed by atoms with Crippen molar-refractivity contribution >= 4 is 22.6 Å². The number of hydrogen-bond acceptors (Lipinski definition) is 3. The molecule has 1 aromatic heterocycles. The van der Waals surface area contributed by atoms with Crippen molar-refractivity contribution in [2.75, 3.05) is 5.32 Å². The minimum absolute atomic E-state index is 0.128. The van der Waals surface area contributed by atoms with E-state index in [0.717, 1.165) is 16.6 Å². The quantitative estimate of drug-likeness (QED) is 0.772. The van der Waals surface area contributed by atoms with Crippen molar-refractivity contribution in [1.82, 2.24) is 9.97 Å². The molecule has 0 saturated heterocycles. The van der Waals surface area contributed by atoms with E-state index in [2.05, 4.69) is 15.3 Å². The number of carbonyl (C=O) groups is 1. The fraction of sp³-hybridized carbons (Fsp3) is 0.0625. The van der Waals surface area contributed by atoms with Crippen LogP contribution in [0.3, 0.4) is 0 Å². The summed E-state index contributed by atoms with van der Waals surface area (Å²) in [5.41, 5.74) is 3.98. The smallest absolute Gasteiger partial charge is 0.255 e. The third-order valence-electron chi connectivity index (χ3n) is 3.01. The number of aryl methyl sites for hydroxylation is 1. The molecule has 0 spiro atoms. The number of rotatable bonds is 2. The maximum absolute atomic E-state index is 12.2. The summed E-state index contributed by atoms with van der Waals surface area (Å²) in [4.78, 5) is 20.6. The molecule has 0 aliphatic rings. The van der Waals surface area contributed by atoms with E-state index >= 15 is 0 Å². The predicted molar refractivity (Wildman–Crippen MR) is 78.7 cm³/mol. The molecule has 2 aromatic carbocycles. The molecular weight excluding hydrogens is 250 g/mol. The largest absolute Gasteiger partial charge is 0.322 e. The molecule has 20 heavy (non-hydrogen) atoms. The van der Waals surface area contributed by atoms with E-state index in [4.69, 9.17) is 0 Å². The number of carbonyl (C=O) groups excluding carboxylic acids is 1. The van der Waals surface area contributed by atoms with Crippen LogP contribution in [-0.4, -0.2) is 15.9 Å². The maximum Gasteiger partial charge on any atom is 0.255 e. The Balaban J connectivity index is 1.87. The van der Waals surface area contributed by atoms with Crippen molar-refractivity contribution in [3.8, 4) is 0 Å². The molecule has 0 saturated carbocycles. The first-order chi connectivity index (χ1) is 9.72. The van der Waals surface area contributed by atoms with Gasteiger partial charge in [0.25, 0.3) is 5.91 Å².